The summed E-state index contributed by atoms with van der Waals surface area (Å²) in [6.07, 6.45) is 1.61. The van der Waals surface area contributed by atoms with Gasteiger partial charge in [0.25, 0.3) is 0 Å². The molecule has 0 saturated heterocycles. The number of hydrogen-bond donors (Lipinski definition) is 2. The van der Waals surface area contributed by atoms with Gasteiger partial charge in [0.05, 0.1) is 7.11 Å². The lowest BCUT2D eigenvalue weighted by atomic mass is 10.2. The normalized spacial score (nSPS) is 10.2. The molecular formula is C13H15N3O2. The average Bonchev–Trinajstić information content (AvgIpc) is 2.41. The van der Waals surface area contributed by atoms with Crippen LogP contribution in [0.2, 0.25) is 0 Å². The molecule has 0 unspecified atom stereocenters. The molecule has 0 aliphatic heterocycles. The summed E-state index contributed by atoms with van der Waals surface area (Å²) in [5, 5.41) is 12.2. The van der Waals surface area contributed by atoms with Gasteiger partial charge in [-0.1, -0.05) is 0 Å². The van der Waals surface area contributed by atoms with Gasteiger partial charge in [-0.05, 0) is 36.8 Å². The van der Waals surface area contributed by atoms with Crippen molar-refractivity contribution in [2.45, 2.75) is 13.5 Å². The van der Waals surface area contributed by atoms with E-state index < -0.39 is 0 Å². The molecule has 1 aromatic carbocycles. The van der Waals surface area contributed by atoms with E-state index in [2.05, 4.69) is 15.3 Å². The van der Waals surface area contributed by atoms with Crippen molar-refractivity contribution in [3.63, 3.8) is 0 Å². The molecule has 0 spiro atoms. The summed E-state index contributed by atoms with van der Waals surface area (Å²) in [4.78, 5) is 8.09. The Kier molecular flexibility index (Phi) is 3.74. The van der Waals surface area contributed by atoms with Crippen molar-refractivity contribution >= 4 is 11.5 Å². The van der Waals surface area contributed by atoms with Crippen LogP contribution in [0.25, 0.3) is 0 Å². The molecule has 0 saturated carbocycles. The Morgan fingerprint density at radius 3 is 2.83 bits per heavy atom. The monoisotopic (exact) mass is 245 g/mol. The maximum absolute atomic E-state index is 8.98. The highest BCUT2D eigenvalue weighted by Gasteiger charge is 2.03. The molecule has 0 fully saturated rings. The van der Waals surface area contributed by atoms with E-state index in [0.29, 0.717) is 11.6 Å². The second-order valence-corrected chi connectivity index (χ2v) is 3.82. The summed E-state index contributed by atoms with van der Waals surface area (Å²) < 4.78 is 5.15. The molecule has 2 aromatic rings. The van der Waals surface area contributed by atoms with E-state index in [0.717, 1.165) is 17.0 Å². The summed E-state index contributed by atoms with van der Waals surface area (Å²) in [7, 11) is 1.64. The Morgan fingerprint density at radius 2 is 2.17 bits per heavy atom. The zero-order chi connectivity index (χ0) is 13.0. The number of hydrogen-bond acceptors (Lipinski definition) is 5. The summed E-state index contributed by atoms with van der Waals surface area (Å²) in [5.41, 5.74) is 2.00. The first-order valence-corrected chi connectivity index (χ1v) is 5.57. The van der Waals surface area contributed by atoms with E-state index in [4.69, 9.17) is 9.84 Å². The number of nitrogens with one attached hydrogen (secondary N) is 1. The topological polar surface area (TPSA) is 67.3 Å². The predicted octanol–water partition coefficient (Wildman–Crippen LogP) is 2.03. The molecule has 5 nitrogen and oxygen atoms in total. The first-order valence-electron chi connectivity index (χ1n) is 5.57. The van der Waals surface area contributed by atoms with Crippen LogP contribution in [0.1, 0.15) is 11.4 Å². The molecule has 0 aliphatic rings. The predicted molar refractivity (Wildman–Crippen MR) is 69.0 cm³/mol. The lowest BCUT2D eigenvalue weighted by Crippen LogP contribution is -2.00. The number of ether oxygens (including phenoxy) is 1. The van der Waals surface area contributed by atoms with Crippen LogP contribution in [0, 0.1) is 6.92 Å². The van der Waals surface area contributed by atoms with Crippen molar-refractivity contribution in [1.82, 2.24) is 9.97 Å². The Morgan fingerprint density at radius 1 is 1.33 bits per heavy atom. The number of benzene rings is 1. The van der Waals surface area contributed by atoms with E-state index in [1.54, 1.807) is 19.4 Å². The molecule has 0 aliphatic carbocycles. The van der Waals surface area contributed by atoms with Crippen LogP contribution < -0.4 is 10.1 Å². The number of aliphatic hydroxyl groups is 1. The lowest BCUT2D eigenvalue weighted by Gasteiger charge is -2.10. The third kappa shape index (κ3) is 2.75. The summed E-state index contributed by atoms with van der Waals surface area (Å²) in [6.45, 7) is 1.82. The minimum absolute atomic E-state index is 0.170. The van der Waals surface area contributed by atoms with E-state index in [1.165, 1.54) is 0 Å². The first-order chi connectivity index (χ1) is 8.72. The largest absolute Gasteiger partial charge is 0.497 e. The number of methoxy groups -OCH3 is 1. The van der Waals surface area contributed by atoms with Crippen LogP contribution in [0.5, 0.6) is 5.75 Å². The minimum Gasteiger partial charge on any atom is -0.497 e. The Labute approximate surface area is 105 Å². The quantitative estimate of drug-likeness (QED) is 0.862. The van der Waals surface area contributed by atoms with Gasteiger partial charge in [0, 0.05) is 11.9 Å². The molecule has 1 heterocycles. The van der Waals surface area contributed by atoms with Crippen LogP contribution in [0.3, 0.4) is 0 Å². The van der Waals surface area contributed by atoms with Gasteiger partial charge in [0.1, 0.15) is 18.2 Å². The van der Waals surface area contributed by atoms with Crippen molar-refractivity contribution < 1.29 is 9.84 Å². The van der Waals surface area contributed by atoms with Crippen LogP contribution in [-0.4, -0.2) is 22.2 Å². The van der Waals surface area contributed by atoms with Crippen molar-refractivity contribution in [2.24, 2.45) is 0 Å². The van der Waals surface area contributed by atoms with E-state index in [9.17, 15) is 0 Å². The van der Waals surface area contributed by atoms with Gasteiger partial charge in [-0.25, -0.2) is 9.97 Å². The van der Waals surface area contributed by atoms with Crippen molar-refractivity contribution in [2.75, 3.05) is 12.4 Å². The SMILES string of the molecule is COc1ccc(Nc2ccnc(CO)n2)c(C)c1. The minimum atomic E-state index is -0.170. The molecule has 1 aromatic heterocycles. The molecule has 2 N–H and O–H groups in total. The zero-order valence-corrected chi connectivity index (χ0v) is 10.3. The maximum Gasteiger partial charge on any atom is 0.156 e. The molecule has 18 heavy (non-hydrogen) atoms. The fraction of sp³-hybridized carbons (Fsp3) is 0.231. The van der Waals surface area contributed by atoms with E-state index >= 15 is 0 Å². The van der Waals surface area contributed by atoms with Crippen LogP contribution in [0.15, 0.2) is 30.5 Å². The number of aromatic nitrogens is 2. The molecule has 0 bridgehead atoms. The fourth-order valence-corrected chi connectivity index (χ4v) is 1.59. The first kappa shape index (κ1) is 12.3. The second kappa shape index (κ2) is 5.46. The van der Waals surface area contributed by atoms with Gasteiger partial charge >= 0.3 is 0 Å². The zero-order valence-electron chi connectivity index (χ0n) is 10.3. The van der Waals surface area contributed by atoms with Crippen molar-refractivity contribution in [3.05, 3.63) is 41.9 Å². The van der Waals surface area contributed by atoms with Gasteiger partial charge in [0.15, 0.2) is 5.82 Å². The highest BCUT2D eigenvalue weighted by atomic mass is 16.5. The molecule has 0 radical (unpaired) electrons. The Balaban J connectivity index is 2.22. The summed E-state index contributed by atoms with van der Waals surface area (Å²) >= 11 is 0. The Bertz CT molecular complexity index is 544. The van der Waals surface area contributed by atoms with Gasteiger partial charge in [-0.3, -0.25) is 0 Å². The van der Waals surface area contributed by atoms with Crippen LogP contribution in [0.4, 0.5) is 11.5 Å². The fourth-order valence-electron chi connectivity index (χ4n) is 1.59. The van der Waals surface area contributed by atoms with Gasteiger partial charge in [0.2, 0.25) is 0 Å². The second-order valence-electron chi connectivity index (χ2n) is 3.82. The molecule has 2 rings (SSSR count). The third-order valence-corrected chi connectivity index (χ3v) is 2.54. The highest BCUT2D eigenvalue weighted by molar-refractivity contribution is 5.61. The van der Waals surface area contributed by atoms with Crippen molar-refractivity contribution in [3.8, 4) is 5.75 Å². The molecule has 94 valence electrons. The standard InChI is InChI=1S/C13H15N3O2/c1-9-7-10(18-2)3-4-11(9)15-12-5-6-14-13(8-17)16-12/h3-7,17H,8H2,1-2H3,(H,14,15,16). The van der Waals surface area contributed by atoms with E-state index in [-0.39, 0.29) is 6.61 Å². The van der Waals surface area contributed by atoms with Gasteiger partial charge in [-0.15, -0.1) is 0 Å². The molecular weight excluding hydrogens is 230 g/mol. The number of aliphatic hydroxyl groups excluding tert-OH is 1. The van der Waals surface area contributed by atoms with Crippen LogP contribution >= 0.6 is 0 Å². The molecule has 0 amide bonds. The lowest BCUT2D eigenvalue weighted by molar-refractivity contribution is 0.271. The van der Waals surface area contributed by atoms with Crippen LogP contribution in [-0.2, 0) is 6.61 Å². The van der Waals surface area contributed by atoms with E-state index in [1.807, 2.05) is 25.1 Å². The number of nitrogens with zero attached hydrogens (tertiary/aromatic N) is 2. The number of aryl methyl sites for hydroxylation is 1. The van der Waals surface area contributed by atoms with Crippen molar-refractivity contribution in [1.29, 1.82) is 0 Å². The van der Waals surface area contributed by atoms with Gasteiger partial charge < -0.3 is 15.2 Å². The summed E-state index contributed by atoms with van der Waals surface area (Å²) in [6, 6.07) is 7.50. The molecule has 5 heteroatoms. The summed E-state index contributed by atoms with van der Waals surface area (Å²) in [5.74, 6) is 1.87. The highest BCUT2D eigenvalue weighted by Crippen LogP contribution is 2.23. The van der Waals surface area contributed by atoms with Gasteiger partial charge in [-0.2, -0.15) is 0 Å². The average molecular weight is 245 g/mol. The number of rotatable bonds is 4. The third-order valence-electron chi connectivity index (χ3n) is 2.54. The Hall–Kier alpha value is -2.14. The maximum atomic E-state index is 8.98. The number of anilines is 2. The smallest absolute Gasteiger partial charge is 0.156 e. The molecule has 0 atom stereocenters.